The molecule has 0 rings (SSSR count). The van der Waals surface area contributed by atoms with E-state index in [1.165, 1.54) is 0 Å². The predicted octanol–water partition coefficient (Wildman–Crippen LogP) is 3.15. The number of aliphatic carboxylic acids is 1. The van der Waals surface area contributed by atoms with E-state index in [0.29, 0.717) is 13.0 Å². The highest BCUT2D eigenvalue weighted by molar-refractivity contribution is 5.74. The highest BCUT2D eigenvalue weighted by Gasteiger charge is 2.12. The van der Waals surface area contributed by atoms with Crippen LogP contribution in [0.2, 0.25) is 0 Å². The maximum atomic E-state index is 11.8. The fourth-order valence-electron chi connectivity index (χ4n) is 2.06. The van der Waals surface area contributed by atoms with E-state index in [1.54, 1.807) is 0 Å². The molecule has 0 aliphatic carbocycles. The van der Waals surface area contributed by atoms with Gasteiger partial charge in [0.25, 0.3) is 0 Å². The highest BCUT2D eigenvalue weighted by atomic mass is 16.4. The maximum Gasteiger partial charge on any atom is 0.315 e. The van der Waals surface area contributed by atoms with Crippen molar-refractivity contribution in [2.45, 2.75) is 71.8 Å². The summed E-state index contributed by atoms with van der Waals surface area (Å²) < 4.78 is 0. The van der Waals surface area contributed by atoms with Crippen LogP contribution in [0.15, 0.2) is 0 Å². The minimum atomic E-state index is -0.788. The van der Waals surface area contributed by atoms with Crippen LogP contribution in [-0.2, 0) is 4.79 Å². The zero-order valence-electron chi connectivity index (χ0n) is 13.1. The Labute approximate surface area is 122 Å². The van der Waals surface area contributed by atoms with E-state index in [9.17, 15) is 9.59 Å². The summed E-state index contributed by atoms with van der Waals surface area (Å²) in [6.07, 6.45) is 6.08. The van der Waals surface area contributed by atoms with Crippen LogP contribution in [0, 0.1) is 5.92 Å². The lowest BCUT2D eigenvalue weighted by Gasteiger charge is -2.19. The van der Waals surface area contributed by atoms with E-state index >= 15 is 0 Å². The van der Waals surface area contributed by atoms with Gasteiger partial charge in [-0.25, -0.2) is 4.79 Å². The van der Waals surface area contributed by atoms with Crippen LogP contribution in [0.25, 0.3) is 0 Å². The number of nitrogens with one attached hydrogen (secondary N) is 2. The summed E-state index contributed by atoms with van der Waals surface area (Å²) in [6.45, 7) is 6.73. The summed E-state index contributed by atoms with van der Waals surface area (Å²) in [5.74, 6) is -0.610. The molecule has 0 aromatic carbocycles. The second-order valence-electron chi connectivity index (χ2n) is 5.52. The minimum absolute atomic E-state index is 0.137. The molecule has 0 heterocycles. The summed E-state index contributed by atoms with van der Waals surface area (Å²) in [5, 5.41) is 14.4. The monoisotopic (exact) mass is 286 g/mol. The Morgan fingerprint density at radius 1 is 1.10 bits per heavy atom. The first kappa shape index (κ1) is 18.7. The fraction of sp³-hybridized carbons (Fsp3) is 0.867. The van der Waals surface area contributed by atoms with Crippen molar-refractivity contribution >= 4 is 12.0 Å². The van der Waals surface area contributed by atoms with Gasteiger partial charge in [0.1, 0.15) is 0 Å². The molecule has 0 fully saturated rings. The molecule has 2 atom stereocenters. The summed E-state index contributed by atoms with van der Waals surface area (Å²) in [6, 6.07) is 0.107. The normalized spacial score (nSPS) is 13.6. The van der Waals surface area contributed by atoms with E-state index in [0.717, 1.165) is 32.1 Å². The van der Waals surface area contributed by atoms with Crippen LogP contribution in [-0.4, -0.2) is 29.7 Å². The van der Waals surface area contributed by atoms with E-state index in [-0.39, 0.29) is 24.4 Å². The van der Waals surface area contributed by atoms with Crippen LogP contribution in [0.3, 0.4) is 0 Å². The van der Waals surface area contributed by atoms with Gasteiger partial charge in [0.2, 0.25) is 0 Å². The molecule has 0 saturated carbocycles. The second-order valence-corrected chi connectivity index (χ2v) is 5.52. The van der Waals surface area contributed by atoms with Crippen molar-refractivity contribution in [2.75, 3.05) is 6.54 Å². The van der Waals surface area contributed by atoms with Gasteiger partial charge in [-0.3, -0.25) is 4.79 Å². The molecule has 0 aromatic rings. The summed E-state index contributed by atoms with van der Waals surface area (Å²) in [7, 11) is 0. The van der Waals surface area contributed by atoms with E-state index in [4.69, 9.17) is 5.11 Å². The quantitative estimate of drug-likeness (QED) is 0.546. The first-order valence-corrected chi connectivity index (χ1v) is 7.75. The molecule has 2 amide bonds. The minimum Gasteiger partial charge on any atom is -0.481 e. The molecule has 0 saturated heterocycles. The van der Waals surface area contributed by atoms with Crippen molar-refractivity contribution in [3.05, 3.63) is 0 Å². The van der Waals surface area contributed by atoms with Crippen LogP contribution in [0.5, 0.6) is 0 Å². The van der Waals surface area contributed by atoms with Gasteiger partial charge in [-0.2, -0.15) is 0 Å². The topological polar surface area (TPSA) is 78.4 Å². The van der Waals surface area contributed by atoms with Gasteiger partial charge in [0.15, 0.2) is 0 Å². The fourth-order valence-corrected chi connectivity index (χ4v) is 2.06. The molecule has 118 valence electrons. The van der Waals surface area contributed by atoms with E-state index in [2.05, 4.69) is 24.5 Å². The number of carbonyl (C=O) groups is 2. The van der Waals surface area contributed by atoms with Crippen molar-refractivity contribution in [1.29, 1.82) is 0 Å². The van der Waals surface area contributed by atoms with Crippen LogP contribution in [0.4, 0.5) is 4.79 Å². The lowest BCUT2D eigenvalue weighted by molar-refractivity contribution is -0.137. The van der Waals surface area contributed by atoms with Gasteiger partial charge in [-0.1, -0.05) is 40.0 Å². The van der Waals surface area contributed by atoms with Gasteiger partial charge < -0.3 is 15.7 Å². The van der Waals surface area contributed by atoms with Crippen molar-refractivity contribution in [3.63, 3.8) is 0 Å². The zero-order chi connectivity index (χ0) is 15.4. The number of urea groups is 1. The summed E-state index contributed by atoms with van der Waals surface area (Å²) in [4.78, 5) is 22.3. The van der Waals surface area contributed by atoms with Crippen LogP contribution >= 0.6 is 0 Å². The van der Waals surface area contributed by atoms with Crippen LogP contribution in [0.1, 0.15) is 65.7 Å². The SMILES string of the molecule is CCCCC(CCC)NC(=O)NCC(C)CCC(=O)O. The number of carboxylic acids is 1. The van der Waals surface area contributed by atoms with Gasteiger partial charge in [-0.05, 0) is 25.2 Å². The number of amides is 2. The number of carbonyl (C=O) groups excluding carboxylic acids is 1. The molecule has 0 aliphatic rings. The molecule has 20 heavy (non-hydrogen) atoms. The first-order chi connectivity index (χ1) is 9.49. The van der Waals surface area contributed by atoms with E-state index in [1.807, 2.05) is 6.92 Å². The number of hydrogen-bond donors (Lipinski definition) is 3. The third kappa shape index (κ3) is 10.6. The van der Waals surface area contributed by atoms with Crippen molar-refractivity contribution < 1.29 is 14.7 Å². The third-order valence-electron chi connectivity index (χ3n) is 3.34. The molecule has 0 spiro atoms. The van der Waals surface area contributed by atoms with Crippen molar-refractivity contribution in [2.24, 2.45) is 5.92 Å². The zero-order valence-corrected chi connectivity index (χ0v) is 13.1. The van der Waals surface area contributed by atoms with Crippen LogP contribution < -0.4 is 10.6 Å². The molecule has 0 aliphatic heterocycles. The Hall–Kier alpha value is -1.26. The molecule has 0 bridgehead atoms. The second kappa shape index (κ2) is 11.6. The molecule has 5 heteroatoms. The number of rotatable bonds is 11. The average molecular weight is 286 g/mol. The number of hydrogen-bond acceptors (Lipinski definition) is 2. The Balaban J connectivity index is 3.90. The van der Waals surface area contributed by atoms with E-state index < -0.39 is 5.97 Å². The number of carboxylic acid groups (broad SMARTS) is 1. The highest BCUT2D eigenvalue weighted by Crippen LogP contribution is 2.07. The Morgan fingerprint density at radius 3 is 2.35 bits per heavy atom. The van der Waals surface area contributed by atoms with Gasteiger partial charge in [-0.15, -0.1) is 0 Å². The van der Waals surface area contributed by atoms with Gasteiger partial charge >= 0.3 is 12.0 Å². The molecule has 0 aromatic heterocycles. The Morgan fingerprint density at radius 2 is 1.80 bits per heavy atom. The predicted molar refractivity (Wildman–Crippen MR) is 80.8 cm³/mol. The smallest absolute Gasteiger partial charge is 0.315 e. The summed E-state index contributed by atoms with van der Waals surface area (Å²) in [5.41, 5.74) is 0. The molecular weight excluding hydrogens is 256 g/mol. The number of unbranched alkanes of at least 4 members (excludes halogenated alkanes) is 1. The van der Waals surface area contributed by atoms with Gasteiger partial charge in [0.05, 0.1) is 0 Å². The molecule has 2 unspecified atom stereocenters. The standard InChI is InChI=1S/C15H30N2O3/c1-4-6-8-13(7-5-2)17-15(20)16-11-12(3)9-10-14(18)19/h12-13H,4-11H2,1-3H3,(H,18,19)(H2,16,17,20). The Bertz CT molecular complexity index is 282. The molecule has 3 N–H and O–H groups in total. The summed E-state index contributed by atoms with van der Waals surface area (Å²) >= 11 is 0. The lowest BCUT2D eigenvalue weighted by Crippen LogP contribution is -2.43. The molecule has 5 nitrogen and oxygen atoms in total. The van der Waals surface area contributed by atoms with Crippen molar-refractivity contribution in [3.8, 4) is 0 Å². The third-order valence-corrected chi connectivity index (χ3v) is 3.34. The molecular formula is C15H30N2O3. The largest absolute Gasteiger partial charge is 0.481 e. The maximum absolute atomic E-state index is 11.8. The Kier molecular flexibility index (Phi) is 10.8. The lowest BCUT2D eigenvalue weighted by atomic mass is 10.1. The van der Waals surface area contributed by atoms with Gasteiger partial charge in [0, 0.05) is 19.0 Å². The molecule has 0 radical (unpaired) electrons. The first-order valence-electron chi connectivity index (χ1n) is 7.75. The average Bonchev–Trinajstić information content (AvgIpc) is 2.40. The van der Waals surface area contributed by atoms with Crippen molar-refractivity contribution in [1.82, 2.24) is 10.6 Å².